The molecule has 6 nitrogen and oxygen atoms in total. The quantitative estimate of drug-likeness (QED) is 0.929. The molecule has 120 valence electrons. The van der Waals surface area contributed by atoms with Crippen molar-refractivity contribution in [1.82, 2.24) is 20.1 Å². The lowest BCUT2D eigenvalue weighted by atomic mass is 9.99. The summed E-state index contributed by atoms with van der Waals surface area (Å²) < 4.78 is 5.41. The van der Waals surface area contributed by atoms with Gasteiger partial charge in [0.1, 0.15) is 5.82 Å². The van der Waals surface area contributed by atoms with Crippen LogP contribution in [0.15, 0.2) is 0 Å². The van der Waals surface area contributed by atoms with E-state index in [2.05, 4.69) is 15.1 Å². The summed E-state index contributed by atoms with van der Waals surface area (Å²) in [5.41, 5.74) is 0. The molecule has 0 bridgehead atoms. The highest BCUT2D eigenvalue weighted by molar-refractivity contribution is 5.81. The molecule has 0 aromatic carbocycles. The molecule has 0 radical (unpaired) electrons. The van der Waals surface area contributed by atoms with Crippen LogP contribution in [0.4, 0.5) is 0 Å². The monoisotopic (exact) mass is 304 g/mol. The van der Waals surface area contributed by atoms with Gasteiger partial charge in [-0.15, -0.1) is 0 Å². The molecule has 4 rings (SSSR count). The molecular formula is C16H24N4O2. The van der Waals surface area contributed by atoms with Crippen molar-refractivity contribution in [2.24, 2.45) is 5.92 Å². The number of aromatic nitrogens is 3. The van der Waals surface area contributed by atoms with Crippen LogP contribution in [0.5, 0.6) is 0 Å². The van der Waals surface area contributed by atoms with Gasteiger partial charge in [-0.1, -0.05) is 0 Å². The average molecular weight is 304 g/mol. The van der Waals surface area contributed by atoms with Gasteiger partial charge in [0.25, 0.3) is 0 Å². The van der Waals surface area contributed by atoms with Crippen LogP contribution in [0, 0.1) is 5.92 Å². The number of aromatic amines is 1. The predicted octanol–water partition coefficient (Wildman–Crippen LogP) is 2.16. The van der Waals surface area contributed by atoms with E-state index in [1.807, 2.05) is 0 Å². The summed E-state index contributed by atoms with van der Waals surface area (Å²) in [7, 11) is 0. The normalized spacial score (nSPS) is 27.1. The van der Waals surface area contributed by atoms with Gasteiger partial charge in [-0.3, -0.25) is 9.89 Å². The molecule has 22 heavy (non-hydrogen) atoms. The van der Waals surface area contributed by atoms with Gasteiger partial charge in [-0.2, -0.15) is 5.10 Å². The summed E-state index contributed by atoms with van der Waals surface area (Å²) in [5.74, 6) is 2.79. The number of hydrogen-bond donors (Lipinski definition) is 1. The second-order valence-electron chi connectivity index (χ2n) is 6.78. The fourth-order valence-corrected chi connectivity index (χ4v) is 3.62. The molecule has 1 N–H and O–H groups in total. The smallest absolute Gasteiger partial charge is 0.226 e. The first-order chi connectivity index (χ1) is 10.8. The van der Waals surface area contributed by atoms with Crippen LogP contribution < -0.4 is 0 Å². The summed E-state index contributed by atoms with van der Waals surface area (Å²) in [5, 5.41) is 7.56. The number of nitrogens with zero attached hydrogens (tertiary/aromatic N) is 3. The van der Waals surface area contributed by atoms with Crippen molar-refractivity contribution >= 4 is 5.91 Å². The molecule has 1 aromatic rings. The molecule has 1 aliphatic carbocycles. The molecule has 3 aliphatic rings. The number of amides is 1. The highest BCUT2D eigenvalue weighted by Gasteiger charge is 2.38. The summed E-state index contributed by atoms with van der Waals surface area (Å²) in [6.45, 7) is 2.46. The molecule has 1 amide bonds. The van der Waals surface area contributed by atoms with Crippen LogP contribution in [0.1, 0.15) is 68.6 Å². The lowest BCUT2D eigenvalue weighted by Crippen LogP contribution is -2.39. The van der Waals surface area contributed by atoms with Crippen molar-refractivity contribution in [3.63, 3.8) is 0 Å². The van der Waals surface area contributed by atoms with E-state index in [-0.39, 0.29) is 12.0 Å². The fourth-order valence-electron chi connectivity index (χ4n) is 3.62. The summed E-state index contributed by atoms with van der Waals surface area (Å²) in [6, 6.07) is 0.0999. The molecule has 1 saturated carbocycles. The lowest BCUT2D eigenvalue weighted by Gasteiger charge is -2.34. The predicted molar refractivity (Wildman–Crippen MR) is 80.2 cm³/mol. The minimum atomic E-state index is 0.0999. The maximum Gasteiger partial charge on any atom is 0.226 e. The maximum atomic E-state index is 12.5. The molecule has 0 spiro atoms. The summed E-state index contributed by atoms with van der Waals surface area (Å²) in [6.07, 6.45) is 7.38. The van der Waals surface area contributed by atoms with E-state index in [9.17, 15) is 4.79 Å². The van der Waals surface area contributed by atoms with Crippen LogP contribution in [0.3, 0.4) is 0 Å². The average Bonchev–Trinajstić information content (AvgIpc) is 3.32. The third kappa shape index (κ3) is 2.76. The van der Waals surface area contributed by atoms with Gasteiger partial charge < -0.3 is 9.64 Å². The van der Waals surface area contributed by atoms with Crippen molar-refractivity contribution in [2.75, 3.05) is 19.8 Å². The van der Waals surface area contributed by atoms with E-state index >= 15 is 0 Å². The van der Waals surface area contributed by atoms with E-state index < -0.39 is 0 Å². The van der Waals surface area contributed by atoms with Gasteiger partial charge in [-0.05, 0) is 44.9 Å². The Labute approximate surface area is 130 Å². The van der Waals surface area contributed by atoms with Gasteiger partial charge in [0.05, 0.1) is 6.04 Å². The number of hydrogen-bond acceptors (Lipinski definition) is 4. The van der Waals surface area contributed by atoms with Gasteiger partial charge in [0, 0.05) is 31.6 Å². The van der Waals surface area contributed by atoms with Crippen LogP contribution in [-0.4, -0.2) is 45.7 Å². The van der Waals surface area contributed by atoms with E-state index in [1.54, 1.807) is 0 Å². The topological polar surface area (TPSA) is 71.1 Å². The Morgan fingerprint density at radius 2 is 1.95 bits per heavy atom. The number of carbonyl (C=O) groups is 1. The van der Waals surface area contributed by atoms with E-state index in [0.29, 0.717) is 11.8 Å². The van der Waals surface area contributed by atoms with E-state index in [4.69, 9.17) is 9.72 Å². The molecule has 2 aliphatic heterocycles. The summed E-state index contributed by atoms with van der Waals surface area (Å²) >= 11 is 0. The van der Waals surface area contributed by atoms with Crippen LogP contribution in [0.2, 0.25) is 0 Å². The molecule has 3 fully saturated rings. The highest BCUT2D eigenvalue weighted by Crippen LogP contribution is 2.37. The van der Waals surface area contributed by atoms with Gasteiger partial charge >= 0.3 is 0 Å². The third-order valence-corrected chi connectivity index (χ3v) is 5.13. The van der Waals surface area contributed by atoms with Gasteiger partial charge in [0.15, 0.2) is 5.82 Å². The number of likely N-dealkylation sites (tertiary alicyclic amines) is 1. The molecule has 0 unspecified atom stereocenters. The van der Waals surface area contributed by atoms with Crippen molar-refractivity contribution in [3.8, 4) is 0 Å². The van der Waals surface area contributed by atoms with Crippen molar-refractivity contribution in [1.29, 1.82) is 0 Å². The number of nitrogens with one attached hydrogen (secondary N) is 1. The standard InChI is InChI=1S/C16H24N4O2/c21-16(12-4-5-12)20-8-2-1-3-13(20)15-17-14(18-19-15)11-6-9-22-10-7-11/h11-13H,1-10H2,(H,17,18,19)/t13-/m0/s1. The van der Waals surface area contributed by atoms with Crippen molar-refractivity contribution < 1.29 is 9.53 Å². The first-order valence-corrected chi connectivity index (χ1v) is 8.63. The van der Waals surface area contributed by atoms with Gasteiger partial charge in [0.2, 0.25) is 5.91 Å². The minimum Gasteiger partial charge on any atom is -0.381 e. The Kier molecular flexibility index (Phi) is 3.86. The molecular weight excluding hydrogens is 280 g/mol. The number of piperidine rings is 1. The van der Waals surface area contributed by atoms with E-state index in [0.717, 1.165) is 76.4 Å². The van der Waals surface area contributed by atoms with Crippen molar-refractivity contribution in [3.05, 3.63) is 11.6 Å². The Morgan fingerprint density at radius 1 is 1.14 bits per heavy atom. The zero-order valence-electron chi connectivity index (χ0n) is 13.0. The fraction of sp³-hybridized carbons (Fsp3) is 0.812. The molecule has 2 saturated heterocycles. The Morgan fingerprint density at radius 3 is 2.73 bits per heavy atom. The van der Waals surface area contributed by atoms with Crippen LogP contribution >= 0.6 is 0 Å². The highest BCUT2D eigenvalue weighted by atomic mass is 16.5. The Balaban J connectivity index is 1.51. The zero-order valence-corrected chi connectivity index (χ0v) is 13.0. The first-order valence-electron chi connectivity index (χ1n) is 8.63. The molecule has 3 heterocycles. The number of H-pyrrole nitrogens is 1. The second kappa shape index (κ2) is 5.99. The molecule has 6 heteroatoms. The minimum absolute atomic E-state index is 0.0999. The maximum absolute atomic E-state index is 12.5. The SMILES string of the molecule is O=C(C1CC1)N1CCCC[C@H]1c1nc(C2CCOCC2)n[nH]1. The van der Waals surface area contributed by atoms with Crippen LogP contribution in [-0.2, 0) is 9.53 Å². The number of rotatable bonds is 3. The lowest BCUT2D eigenvalue weighted by molar-refractivity contribution is -0.136. The molecule has 1 aromatic heterocycles. The first kappa shape index (κ1) is 14.2. The number of ether oxygens (including phenoxy) is 1. The molecule has 1 atom stereocenters. The number of carbonyl (C=O) groups excluding carboxylic acids is 1. The summed E-state index contributed by atoms with van der Waals surface area (Å²) in [4.78, 5) is 19.3. The van der Waals surface area contributed by atoms with Crippen molar-refractivity contribution in [2.45, 2.75) is 56.9 Å². The Bertz CT molecular complexity index is 534. The van der Waals surface area contributed by atoms with E-state index in [1.165, 1.54) is 0 Å². The largest absolute Gasteiger partial charge is 0.381 e. The van der Waals surface area contributed by atoms with Crippen LogP contribution in [0.25, 0.3) is 0 Å². The Hall–Kier alpha value is -1.43. The second-order valence-corrected chi connectivity index (χ2v) is 6.78. The van der Waals surface area contributed by atoms with Gasteiger partial charge in [-0.25, -0.2) is 4.98 Å². The zero-order chi connectivity index (χ0) is 14.9. The third-order valence-electron chi connectivity index (χ3n) is 5.13.